The first-order valence-electron chi connectivity index (χ1n) is 5.37. The molecule has 1 amide bonds. The van der Waals surface area contributed by atoms with E-state index >= 15 is 0 Å². The number of hydrogen-bond acceptors (Lipinski definition) is 2. The van der Waals surface area contributed by atoms with Crippen molar-refractivity contribution in [3.05, 3.63) is 28.9 Å². The Morgan fingerprint density at radius 1 is 1.47 bits per heavy atom. The van der Waals surface area contributed by atoms with Gasteiger partial charge in [0.2, 0.25) is 5.91 Å². The molecule has 1 aromatic carbocycles. The summed E-state index contributed by atoms with van der Waals surface area (Å²) in [6.07, 6.45) is 0.465. The number of aromatic amines is 1. The highest BCUT2D eigenvalue weighted by Crippen LogP contribution is 2.29. The second-order valence-electron chi connectivity index (χ2n) is 3.82. The number of fused-ring (bicyclic) bond motifs is 1. The molecule has 0 aliphatic heterocycles. The van der Waals surface area contributed by atoms with Crippen LogP contribution in [0.15, 0.2) is 18.2 Å². The van der Waals surface area contributed by atoms with Crippen LogP contribution in [0.3, 0.4) is 0 Å². The maximum atomic E-state index is 11.1. The average Bonchev–Trinajstić information content (AvgIpc) is 2.68. The van der Waals surface area contributed by atoms with Crippen molar-refractivity contribution in [2.45, 2.75) is 19.9 Å². The number of hydrogen-bond donors (Lipinski definition) is 3. The Hall–Kier alpha value is -1.68. The number of nitrogens with one attached hydrogen (secondary N) is 2. The highest BCUT2D eigenvalue weighted by atomic mass is 35.5. The van der Waals surface area contributed by atoms with Crippen molar-refractivity contribution >= 4 is 28.4 Å². The van der Waals surface area contributed by atoms with E-state index in [-0.39, 0.29) is 11.7 Å². The first kappa shape index (κ1) is 11.8. The molecule has 0 aliphatic rings. The molecule has 3 N–H and O–H groups in total. The van der Waals surface area contributed by atoms with Crippen molar-refractivity contribution in [2.24, 2.45) is 0 Å². The molecule has 2 aromatic rings. The van der Waals surface area contributed by atoms with Gasteiger partial charge in [-0.1, -0.05) is 18.5 Å². The molecule has 0 bridgehead atoms. The first-order valence-corrected chi connectivity index (χ1v) is 5.74. The third kappa shape index (κ3) is 2.53. The van der Waals surface area contributed by atoms with Crippen molar-refractivity contribution in [3.8, 4) is 5.75 Å². The zero-order chi connectivity index (χ0) is 12.4. The van der Waals surface area contributed by atoms with E-state index in [2.05, 4.69) is 10.3 Å². The molecule has 0 spiro atoms. The second-order valence-corrected chi connectivity index (χ2v) is 4.22. The number of aromatic nitrogens is 1. The highest BCUT2D eigenvalue weighted by molar-refractivity contribution is 6.32. The van der Waals surface area contributed by atoms with Gasteiger partial charge in [-0.25, -0.2) is 0 Å². The Balaban J connectivity index is 2.23. The minimum atomic E-state index is 0.00420. The zero-order valence-corrected chi connectivity index (χ0v) is 10.1. The molecular formula is C12H13ClN2O2. The monoisotopic (exact) mass is 252 g/mol. The lowest BCUT2D eigenvalue weighted by atomic mass is 10.2. The van der Waals surface area contributed by atoms with Crippen LogP contribution in [0.1, 0.15) is 19.0 Å². The Morgan fingerprint density at radius 3 is 2.94 bits per heavy atom. The SMILES string of the molecule is CCC(=O)NCc1cc2cc(Cl)c(O)cc2[nH]1. The van der Waals surface area contributed by atoms with Crippen molar-refractivity contribution in [3.63, 3.8) is 0 Å². The Bertz CT molecular complexity index is 524. The fourth-order valence-electron chi connectivity index (χ4n) is 1.62. The number of amides is 1. The molecule has 0 atom stereocenters. The van der Waals surface area contributed by atoms with Crippen LogP contribution >= 0.6 is 11.6 Å². The maximum absolute atomic E-state index is 11.1. The molecule has 0 radical (unpaired) electrons. The number of halogens is 1. The van der Waals surface area contributed by atoms with Crippen LogP contribution in [0.2, 0.25) is 5.02 Å². The molecule has 17 heavy (non-hydrogen) atoms. The summed E-state index contributed by atoms with van der Waals surface area (Å²) < 4.78 is 0. The molecule has 90 valence electrons. The van der Waals surface area contributed by atoms with E-state index in [0.29, 0.717) is 18.0 Å². The summed E-state index contributed by atoms with van der Waals surface area (Å²) in [7, 11) is 0. The lowest BCUT2D eigenvalue weighted by Gasteiger charge is -1.99. The number of phenolic OH excluding ortho intramolecular Hbond substituents is 1. The Kier molecular flexibility index (Phi) is 3.24. The molecule has 0 aliphatic carbocycles. The number of carbonyl (C=O) groups excluding carboxylic acids is 1. The number of carbonyl (C=O) groups is 1. The summed E-state index contributed by atoms with van der Waals surface area (Å²) in [5.74, 6) is 0.0506. The van der Waals surface area contributed by atoms with Gasteiger partial charge in [0.15, 0.2) is 0 Å². The van der Waals surface area contributed by atoms with Crippen LogP contribution in [0, 0.1) is 0 Å². The topological polar surface area (TPSA) is 65.1 Å². The first-order chi connectivity index (χ1) is 8.10. The minimum Gasteiger partial charge on any atom is -0.506 e. The second kappa shape index (κ2) is 4.67. The van der Waals surface area contributed by atoms with Crippen LogP contribution in [0.4, 0.5) is 0 Å². The molecule has 0 unspecified atom stereocenters. The normalized spacial score (nSPS) is 10.7. The summed E-state index contributed by atoms with van der Waals surface area (Å²) in [4.78, 5) is 14.2. The number of benzene rings is 1. The lowest BCUT2D eigenvalue weighted by Crippen LogP contribution is -2.21. The van der Waals surface area contributed by atoms with E-state index in [4.69, 9.17) is 11.6 Å². The van der Waals surface area contributed by atoms with E-state index in [1.807, 2.05) is 6.07 Å². The van der Waals surface area contributed by atoms with E-state index < -0.39 is 0 Å². The fraction of sp³-hybridized carbons (Fsp3) is 0.250. The number of rotatable bonds is 3. The van der Waals surface area contributed by atoms with E-state index in [1.54, 1.807) is 19.1 Å². The summed E-state index contributed by atoms with van der Waals surface area (Å²) >= 11 is 5.81. The Labute approximate surface area is 104 Å². The van der Waals surface area contributed by atoms with Crippen molar-refractivity contribution < 1.29 is 9.90 Å². The fourth-order valence-corrected chi connectivity index (χ4v) is 1.79. The summed E-state index contributed by atoms with van der Waals surface area (Å²) in [6.45, 7) is 2.25. The third-order valence-electron chi connectivity index (χ3n) is 2.54. The third-order valence-corrected chi connectivity index (χ3v) is 2.84. The van der Waals surface area contributed by atoms with Crippen LogP contribution in [0.5, 0.6) is 5.75 Å². The molecule has 2 rings (SSSR count). The molecule has 0 saturated carbocycles. The van der Waals surface area contributed by atoms with Crippen molar-refractivity contribution in [2.75, 3.05) is 0 Å². The van der Waals surface area contributed by atoms with Gasteiger partial charge in [0.1, 0.15) is 5.75 Å². The number of H-pyrrole nitrogens is 1. The van der Waals surface area contributed by atoms with Crippen LogP contribution < -0.4 is 5.32 Å². The van der Waals surface area contributed by atoms with Gasteiger partial charge in [0, 0.05) is 29.1 Å². The van der Waals surface area contributed by atoms with Gasteiger partial charge in [0.05, 0.1) is 11.6 Å². The minimum absolute atomic E-state index is 0.00420. The standard InChI is InChI=1S/C12H13ClN2O2/c1-2-12(17)14-6-8-3-7-4-9(13)11(16)5-10(7)15-8/h3-5,15-16H,2,6H2,1H3,(H,14,17). The summed E-state index contributed by atoms with van der Waals surface area (Å²) in [5.41, 5.74) is 1.68. The van der Waals surface area contributed by atoms with Crippen molar-refractivity contribution in [1.82, 2.24) is 10.3 Å². The maximum Gasteiger partial charge on any atom is 0.220 e. The van der Waals surface area contributed by atoms with E-state index in [1.165, 1.54) is 0 Å². The molecule has 5 heteroatoms. The van der Waals surface area contributed by atoms with Gasteiger partial charge in [-0.15, -0.1) is 0 Å². The number of phenols is 1. The highest BCUT2D eigenvalue weighted by Gasteiger charge is 2.06. The van der Waals surface area contributed by atoms with E-state index in [0.717, 1.165) is 16.6 Å². The summed E-state index contributed by atoms with van der Waals surface area (Å²) in [6, 6.07) is 5.16. The average molecular weight is 253 g/mol. The van der Waals surface area contributed by atoms with Gasteiger partial charge in [-0.05, 0) is 12.1 Å². The zero-order valence-electron chi connectivity index (χ0n) is 9.38. The van der Waals surface area contributed by atoms with E-state index in [9.17, 15) is 9.90 Å². The Morgan fingerprint density at radius 2 is 2.24 bits per heavy atom. The molecule has 4 nitrogen and oxygen atoms in total. The molecule has 1 heterocycles. The van der Waals surface area contributed by atoms with Gasteiger partial charge in [0.25, 0.3) is 0 Å². The predicted octanol–water partition coefficient (Wildman–Crippen LogP) is 2.55. The molecule has 0 saturated heterocycles. The van der Waals surface area contributed by atoms with Crippen LogP contribution in [0.25, 0.3) is 10.9 Å². The largest absolute Gasteiger partial charge is 0.506 e. The van der Waals surface area contributed by atoms with Crippen LogP contribution in [-0.2, 0) is 11.3 Å². The van der Waals surface area contributed by atoms with Gasteiger partial charge < -0.3 is 15.4 Å². The summed E-state index contributed by atoms with van der Waals surface area (Å²) in [5, 5.41) is 13.5. The van der Waals surface area contributed by atoms with Crippen molar-refractivity contribution in [1.29, 1.82) is 0 Å². The van der Waals surface area contributed by atoms with Gasteiger partial charge in [-0.2, -0.15) is 0 Å². The van der Waals surface area contributed by atoms with Gasteiger partial charge in [-0.3, -0.25) is 4.79 Å². The molecular weight excluding hydrogens is 240 g/mol. The van der Waals surface area contributed by atoms with Gasteiger partial charge >= 0.3 is 0 Å². The quantitative estimate of drug-likeness (QED) is 0.786. The van der Waals surface area contributed by atoms with Crippen LogP contribution in [-0.4, -0.2) is 16.0 Å². The lowest BCUT2D eigenvalue weighted by molar-refractivity contribution is -0.120. The smallest absolute Gasteiger partial charge is 0.220 e. The predicted molar refractivity (Wildman–Crippen MR) is 67.1 cm³/mol. The molecule has 0 fully saturated rings. The molecule has 1 aromatic heterocycles. The number of aromatic hydroxyl groups is 1.